The SMILES string of the molecule is C#C[SiH](CC)CCCC. The number of rotatable bonds is 4. The maximum Gasteiger partial charge on any atom is 0.122 e. The number of unbranched alkanes of at least 4 members (excludes halogenated alkanes) is 1. The largest absolute Gasteiger partial charge is 0.139 e. The summed E-state index contributed by atoms with van der Waals surface area (Å²) in [6, 6.07) is 2.62. The third-order valence-electron chi connectivity index (χ3n) is 1.63. The van der Waals surface area contributed by atoms with E-state index in [-0.39, 0.29) is 0 Å². The van der Waals surface area contributed by atoms with E-state index in [1.807, 2.05) is 0 Å². The summed E-state index contributed by atoms with van der Waals surface area (Å²) in [5.74, 6) is 0. The average Bonchev–Trinajstić information content (AvgIpc) is 1.91. The van der Waals surface area contributed by atoms with Gasteiger partial charge in [0.2, 0.25) is 0 Å². The molecule has 0 aromatic carbocycles. The summed E-state index contributed by atoms with van der Waals surface area (Å²) in [6.07, 6.45) is 7.97. The molecule has 0 aliphatic carbocycles. The molecule has 52 valence electrons. The van der Waals surface area contributed by atoms with Crippen molar-refractivity contribution in [1.29, 1.82) is 0 Å². The van der Waals surface area contributed by atoms with E-state index in [1.54, 1.807) is 0 Å². The Labute approximate surface area is 60.3 Å². The van der Waals surface area contributed by atoms with Gasteiger partial charge in [-0.3, -0.25) is 0 Å². The van der Waals surface area contributed by atoms with E-state index in [4.69, 9.17) is 6.42 Å². The van der Waals surface area contributed by atoms with Gasteiger partial charge in [0.1, 0.15) is 8.80 Å². The molecular weight excluding hydrogens is 124 g/mol. The summed E-state index contributed by atoms with van der Waals surface area (Å²) >= 11 is 0. The smallest absolute Gasteiger partial charge is 0.122 e. The van der Waals surface area contributed by atoms with Crippen molar-refractivity contribution >= 4 is 8.80 Å². The molecule has 1 heteroatoms. The molecule has 0 heterocycles. The minimum absolute atomic E-state index is 0.682. The first-order valence-electron chi connectivity index (χ1n) is 3.81. The predicted octanol–water partition coefficient (Wildman–Crippen LogP) is 2.21. The van der Waals surface area contributed by atoms with Crippen LogP contribution in [0.4, 0.5) is 0 Å². The van der Waals surface area contributed by atoms with Gasteiger partial charge in [-0.25, -0.2) is 0 Å². The zero-order valence-electron chi connectivity index (χ0n) is 6.48. The van der Waals surface area contributed by atoms with Crippen molar-refractivity contribution < 1.29 is 0 Å². The van der Waals surface area contributed by atoms with Gasteiger partial charge in [-0.05, 0) is 6.04 Å². The Balaban J connectivity index is 3.23. The van der Waals surface area contributed by atoms with E-state index >= 15 is 0 Å². The second-order valence-electron chi connectivity index (χ2n) is 2.41. The normalized spacial score (nSPS) is 12.6. The fourth-order valence-electron chi connectivity index (χ4n) is 0.856. The van der Waals surface area contributed by atoms with Crippen molar-refractivity contribution in [3.05, 3.63) is 0 Å². The third-order valence-corrected chi connectivity index (χ3v) is 4.20. The molecule has 0 nitrogen and oxygen atoms in total. The quantitative estimate of drug-likeness (QED) is 0.415. The van der Waals surface area contributed by atoms with Gasteiger partial charge in [0, 0.05) is 0 Å². The fraction of sp³-hybridized carbons (Fsp3) is 0.750. The molecule has 0 saturated heterocycles. The second-order valence-corrected chi connectivity index (χ2v) is 5.54. The molecule has 9 heavy (non-hydrogen) atoms. The zero-order chi connectivity index (χ0) is 7.11. The average molecular weight is 140 g/mol. The van der Waals surface area contributed by atoms with E-state index in [0.29, 0.717) is 0 Å². The predicted molar refractivity (Wildman–Crippen MR) is 46.2 cm³/mol. The van der Waals surface area contributed by atoms with Gasteiger partial charge in [0.15, 0.2) is 0 Å². The Morgan fingerprint density at radius 2 is 2.11 bits per heavy atom. The van der Waals surface area contributed by atoms with Crippen LogP contribution in [0.15, 0.2) is 0 Å². The Morgan fingerprint density at radius 1 is 1.44 bits per heavy atom. The first-order valence-corrected chi connectivity index (χ1v) is 6.02. The number of hydrogen-bond donors (Lipinski definition) is 0. The maximum absolute atomic E-state index is 5.34. The van der Waals surface area contributed by atoms with Crippen LogP contribution in [0, 0.1) is 12.0 Å². The van der Waals surface area contributed by atoms with Gasteiger partial charge in [-0.1, -0.05) is 32.7 Å². The van der Waals surface area contributed by atoms with E-state index < -0.39 is 8.80 Å². The molecule has 0 aromatic rings. The van der Waals surface area contributed by atoms with Crippen molar-refractivity contribution in [2.75, 3.05) is 0 Å². The molecule has 0 bridgehead atoms. The molecule has 1 atom stereocenters. The highest BCUT2D eigenvalue weighted by molar-refractivity contribution is 6.67. The van der Waals surface area contributed by atoms with Gasteiger partial charge in [-0.2, -0.15) is 0 Å². The minimum Gasteiger partial charge on any atom is -0.139 e. The summed E-state index contributed by atoms with van der Waals surface area (Å²) < 4.78 is 0. The van der Waals surface area contributed by atoms with Crippen LogP contribution < -0.4 is 0 Å². The highest BCUT2D eigenvalue weighted by Gasteiger charge is 2.01. The Hall–Kier alpha value is -0.223. The summed E-state index contributed by atoms with van der Waals surface area (Å²) in [5, 5.41) is 0. The molecule has 0 saturated carbocycles. The minimum atomic E-state index is -0.682. The van der Waals surface area contributed by atoms with Crippen LogP contribution in [0.25, 0.3) is 0 Å². The van der Waals surface area contributed by atoms with Crippen molar-refractivity contribution in [3.8, 4) is 12.0 Å². The van der Waals surface area contributed by atoms with Crippen LogP contribution in [0.5, 0.6) is 0 Å². The highest BCUT2D eigenvalue weighted by atomic mass is 28.3. The lowest BCUT2D eigenvalue weighted by Crippen LogP contribution is -2.06. The molecule has 0 rings (SSSR count). The van der Waals surface area contributed by atoms with Crippen molar-refractivity contribution in [2.45, 2.75) is 38.8 Å². The molecule has 0 amide bonds. The van der Waals surface area contributed by atoms with E-state index in [2.05, 4.69) is 19.4 Å². The maximum atomic E-state index is 5.34. The van der Waals surface area contributed by atoms with Gasteiger partial charge in [0.05, 0.1) is 0 Å². The molecule has 1 unspecified atom stereocenters. The second kappa shape index (κ2) is 5.91. The lowest BCUT2D eigenvalue weighted by atomic mass is 10.4. The monoisotopic (exact) mass is 140 g/mol. The van der Waals surface area contributed by atoms with Crippen LogP contribution in [-0.2, 0) is 0 Å². The first-order chi connectivity index (χ1) is 4.35. The van der Waals surface area contributed by atoms with Crippen LogP contribution in [0.2, 0.25) is 12.1 Å². The van der Waals surface area contributed by atoms with Crippen molar-refractivity contribution in [3.63, 3.8) is 0 Å². The summed E-state index contributed by atoms with van der Waals surface area (Å²) in [5.41, 5.74) is 2.93. The molecule has 0 fully saturated rings. The van der Waals surface area contributed by atoms with Gasteiger partial charge < -0.3 is 0 Å². The van der Waals surface area contributed by atoms with Gasteiger partial charge in [0.25, 0.3) is 0 Å². The Bertz CT molecular complexity index is 91.2. The molecule has 0 aliphatic heterocycles. The van der Waals surface area contributed by atoms with Gasteiger partial charge >= 0.3 is 0 Å². The van der Waals surface area contributed by atoms with E-state index in [0.717, 1.165) is 0 Å². The first kappa shape index (κ1) is 8.78. The highest BCUT2D eigenvalue weighted by Crippen LogP contribution is 2.03. The number of hydrogen-bond acceptors (Lipinski definition) is 0. The zero-order valence-corrected chi connectivity index (χ0v) is 7.64. The molecule has 0 aromatic heterocycles. The van der Waals surface area contributed by atoms with Crippen LogP contribution in [-0.4, -0.2) is 8.80 Å². The summed E-state index contributed by atoms with van der Waals surface area (Å²) in [6.45, 7) is 4.43. The van der Waals surface area contributed by atoms with Crippen molar-refractivity contribution in [1.82, 2.24) is 0 Å². The molecular formula is C8H16Si. The number of terminal acetylenes is 1. The lowest BCUT2D eigenvalue weighted by Gasteiger charge is -2.01. The summed E-state index contributed by atoms with van der Waals surface area (Å²) in [4.78, 5) is 0. The standard InChI is InChI=1S/C8H16Si/c1-4-7-8-9(5-2)6-3/h2,9H,4,6-8H2,1,3H3. The molecule has 0 N–H and O–H groups in total. The topological polar surface area (TPSA) is 0 Å². The van der Waals surface area contributed by atoms with E-state index in [9.17, 15) is 0 Å². The van der Waals surface area contributed by atoms with Crippen LogP contribution in [0.1, 0.15) is 26.7 Å². The molecule has 0 radical (unpaired) electrons. The fourth-order valence-corrected chi connectivity index (χ4v) is 2.57. The third kappa shape index (κ3) is 4.29. The van der Waals surface area contributed by atoms with Gasteiger partial charge in [-0.15, -0.1) is 12.0 Å². The Morgan fingerprint density at radius 3 is 2.44 bits per heavy atom. The van der Waals surface area contributed by atoms with E-state index in [1.165, 1.54) is 24.9 Å². The molecule has 0 spiro atoms. The summed E-state index contributed by atoms with van der Waals surface area (Å²) in [7, 11) is -0.682. The Kier molecular flexibility index (Phi) is 5.76. The van der Waals surface area contributed by atoms with Crippen LogP contribution >= 0.6 is 0 Å². The van der Waals surface area contributed by atoms with Crippen molar-refractivity contribution in [2.24, 2.45) is 0 Å². The molecule has 0 aliphatic rings. The lowest BCUT2D eigenvalue weighted by molar-refractivity contribution is 0.874. The van der Waals surface area contributed by atoms with Crippen LogP contribution in [0.3, 0.4) is 0 Å².